The van der Waals surface area contributed by atoms with Crippen LogP contribution in [0.5, 0.6) is 0 Å². The molecule has 2 N–H and O–H groups in total. The van der Waals surface area contributed by atoms with E-state index >= 15 is 0 Å². The van der Waals surface area contributed by atoms with Gasteiger partial charge in [0.15, 0.2) is 4.90 Å². The van der Waals surface area contributed by atoms with Gasteiger partial charge in [0, 0.05) is 22.8 Å². The molecule has 1 aromatic carbocycles. The number of carbonyl (C=O) groups is 2. The van der Waals surface area contributed by atoms with Crippen molar-refractivity contribution in [3.8, 4) is 0 Å². The Kier molecular flexibility index (Phi) is 31.5. The minimum atomic E-state index is -4.27. The molecule has 8 heterocycles. The molecule has 29 heteroatoms. The highest BCUT2D eigenvalue weighted by Gasteiger charge is 2.32. The van der Waals surface area contributed by atoms with Crippen LogP contribution < -0.4 is 0 Å². The van der Waals surface area contributed by atoms with Crippen LogP contribution in [0.2, 0.25) is 41.2 Å². The predicted octanol–water partition coefficient (Wildman–Crippen LogP) is 14.9. The van der Waals surface area contributed by atoms with Crippen LogP contribution in [0.3, 0.4) is 0 Å². The van der Waals surface area contributed by atoms with Crippen LogP contribution in [0.15, 0.2) is 175 Å². The predicted molar refractivity (Wildman–Crippen MR) is 332 cm³/mol. The van der Waals surface area contributed by atoms with Gasteiger partial charge in [-0.1, -0.05) is 169 Å². The SMILES string of the molecule is COC(=O)c1cccc(Cl)n1.Clc1cccc(CBr)n1.Clc1cccc(CCCc2cccc(Cl)n2)n1.O=C(O)c1cccc(Cl)n1.O=[N+]([O-])c1ccccc1S(=O)(=O)N(Cc1cccc(Cl)n1)Cc1cccc(Cl)n1.OCc1cccc(Cl)n1. The van der Waals surface area contributed by atoms with Crippen LogP contribution in [0.1, 0.15) is 61.6 Å². The Labute approximate surface area is 537 Å². The molecule has 0 aliphatic heterocycles. The maximum absolute atomic E-state index is 13.3. The summed E-state index contributed by atoms with van der Waals surface area (Å²) in [7, 11) is -2.98. The van der Waals surface area contributed by atoms with Gasteiger partial charge < -0.3 is 14.9 Å². The van der Waals surface area contributed by atoms with Crippen molar-refractivity contribution in [2.24, 2.45) is 0 Å². The number of esters is 1. The first kappa shape index (κ1) is 70.9. The zero-order chi connectivity index (χ0) is 62.3. The maximum atomic E-state index is 13.3. The Hall–Kier alpha value is -6.57. The summed E-state index contributed by atoms with van der Waals surface area (Å²) in [6.07, 6.45) is 2.78. The lowest BCUT2D eigenvalue weighted by Crippen LogP contribution is -2.31. The Morgan fingerprint density at radius 2 is 0.847 bits per heavy atom. The van der Waals surface area contributed by atoms with Crippen molar-refractivity contribution < 1.29 is 37.9 Å². The van der Waals surface area contributed by atoms with Crippen molar-refractivity contribution in [2.75, 3.05) is 7.11 Å². The summed E-state index contributed by atoms with van der Waals surface area (Å²) in [5, 5.41) is 32.0. The number of ether oxygens (including phenoxy) is 1. The molecular weight excluding hydrogens is 1350 g/mol. The van der Waals surface area contributed by atoms with Crippen molar-refractivity contribution >= 4 is 136 Å². The number of hydrogen-bond acceptors (Lipinski definition) is 16. The summed E-state index contributed by atoms with van der Waals surface area (Å²) in [6, 6.07) is 46.0. The van der Waals surface area contributed by atoms with Gasteiger partial charge in [0.25, 0.3) is 15.7 Å². The van der Waals surface area contributed by atoms with Crippen molar-refractivity contribution in [3.63, 3.8) is 0 Å². The molecule has 0 bridgehead atoms. The number of carboxylic acid groups (broad SMARTS) is 1. The molecule has 85 heavy (non-hydrogen) atoms. The third-order valence-electron chi connectivity index (χ3n) is 10.2. The number of para-hydroxylation sites is 1. The quantitative estimate of drug-likeness (QED) is 0.0317. The second kappa shape index (κ2) is 37.8. The van der Waals surface area contributed by atoms with Crippen molar-refractivity contribution in [1.82, 2.24) is 44.2 Å². The van der Waals surface area contributed by atoms with Gasteiger partial charge in [0.2, 0.25) is 0 Å². The van der Waals surface area contributed by atoms with Gasteiger partial charge in [0.1, 0.15) is 52.6 Å². The second-order valence-electron chi connectivity index (χ2n) is 16.3. The number of aliphatic hydroxyl groups is 1. The molecule has 9 rings (SSSR count). The summed E-state index contributed by atoms with van der Waals surface area (Å²) >= 11 is 48.8. The molecule has 0 aliphatic rings. The number of alkyl halides is 1. The molecule has 0 spiro atoms. The number of aryl methyl sites for hydroxylation is 2. The summed E-state index contributed by atoms with van der Waals surface area (Å²) in [5.74, 6) is -1.55. The standard InChI is InChI=1S/C18H14Cl2N4O4S.C13H12Cl2N2.C7H6ClNO2.C6H5BrClN.C6H4ClNO2.C6H6ClNO/c19-17-9-3-5-13(21-17)11-23(12-14-6-4-10-18(20)22-14)29(27,28)16-8-2-1-7-15(16)24(25)26;14-12-8-2-6-10(16-12)4-1-5-11-7-3-9-13(15)17-11;1-11-7(10)5-3-2-4-6(8)9-5;7-4-5-2-1-3-6(8)9-5;7-5-3-1-2-4(8-5)6(9)10;7-6-3-1-2-5(4-9)8-6/h1-10H,11-12H2;2-3,6-9H,1,4-5H2;2-4H,1H3;1-3H,4H2;1-3H,(H,9,10);1-3,9H,4H2. The van der Waals surface area contributed by atoms with Crippen LogP contribution in [0, 0.1) is 10.1 Å². The molecule has 0 fully saturated rings. The average molecular weight is 1400 g/mol. The van der Waals surface area contributed by atoms with E-state index in [-0.39, 0.29) is 51.7 Å². The fraction of sp³-hybridized carbons (Fsp3) is 0.143. The van der Waals surface area contributed by atoms with Gasteiger partial charge in [-0.25, -0.2) is 57.9 Å². The Morgan fingerprint density at radius 1 is 0.506 bits per heavy atom. The van der Waals surface area contributed by atoms with Crippen molar-refractivity contribution in [3.05, 3.63) is 267 Å². The van der Waals surface area contributed by atoms with E-state index in [1.54, 1.807) is 91.0 Å². The number of carboxylic acids is 1. The molecule has 0 atom stereocenters. The topological polar surface area (TPSA) is 267 Å². The van der Waals surface area contributed by atoms with Gasteiger partial charge >= 0.3 is 11.9 Å². The number of nitro benzene ring substituents is 1. The third kappa shape index (κ3) is 26.7. The molecule has 444 valence electrons. The van der Waals surface area contributed by atoms with E-state index in [9.17, 15) is 28.1 Å². The zero-order valence-corrected chi connectivity index (χ0v) is 52.6. The van der Waals surface area contributed by atoms with Crippen LogP contribution in [-0.2, 0) is 52.6 Å². The number of aliphatic hydroxyl groups excluding tert-OH is 1. The molecule has 0 aliphatic carbocycles. The zero-order valence-electron chi connectivity index (χ0n) is 44.1. The average Bonchev–Trinajstić information content (AvgIpc) is 2.14. The van der Waals surface area contributed by atoms with E-state index in [2.05, 4.69) is 60.5 Å². The minimum Gasteiger partial charge on any atom is -0.477 e. The molecule has 0 radical (unpaired) electrons. The Bertz CT molecular complexity index is 3600. The maximum Gasteiger partial charge on any atom is 0.356 e. The first-order chi connectivity index (χ1) is 40.6. The summed E-state index contributed by atoms with van der Waals surface area (Å²) in [6.45, 7) is -0.382. The molecular formula is C56H47BrCl8N10O9S. The molecule has 0 unspecified atom stereocenters. The Morgan fingerprint density at radius 3 is 1.20 bits per heavy atom. The first-order valence-electron chi connectivity index (χ1n) is 24.3. The first-order valence-corrected chi connectivity index (χ1v) is 29.8. The lowest BCUT2D eigenvalue weighted by Gasteiger charge is -2.21. The molecule has 8 aromatic heterocycles. The van der Waals surface area contributed by atoms with E-state index in [0.29, 0.717) is 37.7 Å². The van der Waals surface area contributed by atoms with Gasteiger partial charge in [0.05, 0.1) is 54.5 Å². The van der Waals surface area contributed by atoms with Crippen LogP contribution in [0.25, 0.3) is 0 Å². The number of hydrogen-bond donors (Lipinski definition) is 2. The van der Waals surface area contributed by atoms with Gasteiger partial charge in [-0.15, -0.1) is 0 Å². The molecule has 19 nitrogen and oxygen atoms in total. The van der Waals surface area contributed by atoms with Crippen LogP contribution >= 0.6 is 109 Å². The van der Waals surface area contributed by atoms with Crippen molar-refractivity contribution in [1.29, 1.82) is 0 Å². The van der Waals surface area contributed by atoms with E-state index in [1.807, 2.05) is 36.4 Å². The number of benzene rings is 1. The number of methoxy groups -OCH3 is 1. The van der Waals surface area contributed by atoms with Crippen LogP contribution in [-0.4, -0.2) is 86.8 Å². The smallest absolute Gasteiger partial charge is 0.356 e. The summed E-state index contributed by atoms with van der Waals surface area (Å²) < 4.78 is 32.2. The van der Waals surface area contributed by atoms with E-state index < -0.39 is 37.5 Å². The van der Waals surface area contributed by atoms with E-state index in [0.717, 1.165) is 52.0 Å². The highest BCUT2D eigenvalue weighted by atomic mass is 79.9. The second-order valence-corrected chi connectivity index (χ2v) is 21.9. The third-order valence-corrected chi connectivity index (χ3v) is 14.3. The number of rotatable bonds is 15. The fourth-order valence-corrected chi connectivity index (χ4v) is 9.74. The summed E-state index contributed by atoms with van der Waals surface area (Å²) in [5.41, 5.74) is 4.01. The highest BCUT2D eigenvalue weighted by molar-refractivity contribution is 9.08. The van der Waals surface area contributed by atoms with Gasteiger partial charge in [-0.3, -0.25) is 10.1 Å². The van der Waals surface area contributed by atoms with Crippen LogP contribution in [0.4, 0.5) is 5.69 Å². The largest absolute Gasteiger partial charge is 0.477 e. The molecule has 0 amide bonds. The van der Waals surface area contributed by atoms with Crippen molar-refractivity contribution in [2.45, 2.75) is 49.2 Å². The summed E-state index contributed by atoms with van der Waals surface area (Å²) in [4.78, 5) is 63.1. The number of nitro groups is 1. The molecule has 9 aromatic rings. The number of halogens is 9. The number of carbonyl (C=O) groups excluding carboxylic acids is 1. The lowest BCUT2D eigenvalue weighted by atomic mass is 10.1. The monoisotopic (exact) mass is 1390 g/mol. The van der Waals surface area contributed by atoms with E-state index in [1.165, 1.54) is 43.5 Å². The van der Waals surface area contributed by atoms with Gasteiger partial charge in [-0.05, 0) is 122 Å². The normalized spacial score (nSPS) is 10.4. The lowest BCUT2D eigenvalue weighted by molar-refractivity contribution is -0.387. The number of nitrogens with zero attached hydrogens (tertiary/aromatic N) is 10. The Balaban J connectivity index is 0.000000235. The van der Waals surface area contributed by atoms with E-state index in [4.69, 9.17) is 103 Å². The number of aromatic carboxylic acids is 1. The molecule has 0 saturated carbocycles. The minimum absolute atomic E-state index is 0.0347. The number of pyridine rings is 8. The molecule has 0 saturated heterocycles. The number of aromatic nitrogens is 8. The van der Waals surface area contributed by atoms with Gasteiger partial charge in [-0.2, -0.15) is 4.31 Å². The number of sulfonamides is 1. The fourth-order valence-electron chi connectivity index (χ4n) is 6.48. The highest BCUT2D eigenvalue weighted by Crippen LogP contribution is 2.29.